The molecule has 0 amide bonds. The fourth-order valence-electron chi connectivity index (χ4n) is 2.64. The highest BCUT2D eigenvalue weighted by atomic mass is 16.5. The molecule has 0 aliphatic rings. The summed E-state index contributed by atoms with van der Waals surface area (Å²) in [5.41, 5.74) is 0.914. The predicted molar refractivity (Wildman–Crippen MR) is 81.2 cm³/mol. The summed E-state index contributed by atoms with van der Waals surface area (Å²) in [5, 5.41) is 4.17. The Labute approximate surface area is 125 Å². The molecule has 0 saturated carbocycles. The molecule has 1 heterocycles. The zero-order chi connectivity index (χ0) is 15.5. The van der Waals surface area contributed by atoms with Crippen molar-refractivity contribution in [3.05, 3.63) is 47.6 Å². The zero-order valence-electron chi connectivity index (χ0n) is 13.1. The van der Waals surface area contributed by atoms with E-state index in [0.29, 0.717) is 11.7 Å². The first-order valence-corrected chi connectivity index (χ1v) is 7.45. The number of aromatic nitrogens is 2. The van der Waals surface area contributed by atoms with Gasteiger partial charge in [-0.15, -0.1) is 0 Å². The number of carbonyl (C=O) groups excluding carboxylic acids is 1. The molecular weight excluding hydrogens is 264 g/mol. The number of hydrogen-bond donors (Lipinski definition) is 0. The van der Waals surface area contributed by atoms with Crippen LogP contribution in [0.2, 0.25) is 0 Å². The van der Waals surface area contributed by atoms with Gasteiger partial charge in [-0.2, -0.15) is 4.98 Å². The fraction of sp³-hybridized carbons (Fsp3) is 0.471. The molecule has 0 bridgehead atoms. The van der Waals surface area contributed by atoms with Gasteiger partial charge in [-0.05, 0) is 32.3 Å². The monoisotopic (exact) mass is 286 g/mol. The Bertz CT molecular complexity index is 600. The van der Waals surface area contributed by atoms with Crippen molar-refractivity contribution in [1.29, 1.82) is 0 Å². The van der Waals surface area contributed by atoms with Gasteiger partial charge in [-0.25, -0.2) is 0 Å². The molecule has 0 aliphatic carbocycles. The van der Waals surface area contributed by atoms with E-state index in [4.69, 9.17) is 4.52 Å². The van der Waals surface area contributed by atoms with Crippen LogP contribution in [0.15, 0.2) is 34.9 Å². The number of Topliss-reactive ketones (excluding diaryl/α,β-unsaturated/α-hetero) is 1. The van der Waals surface area contributed by atoms with Gasteiger partial charge in [-0.3, -0.25) is 4.79 Å². The summed E-state index contributed by atoms with van der Waals surface area (Å²) in [6.07, 6.45) is 1.75. The van der Waals surface area contributed by atoms with Crippen LogP contribution in [0.4, 0.5) is 0 Å². The first-order chi connectivity index (χ1) is 10.0. The van der Waals surface area contributed by atoms with E-state index >= 15 is 0 Å². The van der Waals surface area contributed by atoms with Gasteiger partial charge >= 0.3 is 0 Å². The van der Waals surface area contributed by atoms with Gasteiger partial charge in [-0.1, -0.05) is 49.3 Å². The first kappa shape index (κ1) is 15.4. The van der Waals surface area contributed by atoms with Gasteiger partial charge in [0.2, 0.25) is 5.89 Å². The summed E-state index contributed by atoms with van der Waals surface area (Å²) in [6.45, 7) is 7.59. The van der Waals surface area contributed by atoms with E-state index < -0.39 is 0 Å². The van der Waals surface area contributed by atoms with Gasteiger partial charge in [0.15, 0.2) is 5.82 Å². The van der Waals surface area contributed by atoms with Crippen molar-refractivity contribution in [3.8, 4) is 0 Å². The van der Waals surface area contributed by atoms with Crippen molar-refractivity contribution in [1.82, 2.24) is 10.1 Å². The minimum absolute atomic E-state index is 0.0310. The fourth-order valence-corrected chi connectivity index (χ4v) is 2.64. The molecule has 2 aromatic rings. The minimum Gasteiger partial charge on any atom is -0.339 e. The molecule has 112 valence electrons. The number of rotatable bonds is 6. The van der Waals surface area contributed by atoms with Crippen molar-refractivity contribution in [3.63, 3.8) is 0 Å². The summed E-state index contributed by atoms with van der Waals surface area (Å²) in [5.74, 6) is 0.749. The second-order valence-corrected chi connectivity index (χ2v) is 5.44. The Morgan fingerprint density at radius 3 is 2.38 bits per heavy atom. The molecule has 0 spiro atoms. The van der Waals surface area contributed by atoms with Crippen LogP contribution in [0.25, 0.3) is 0 Å². The van der Waals surface area contributed by atoms with E-state index in [-0.39, 0.29) is 17.1 Å². The largest absolute Gasteiger partial charge is 0.339 e. The molecule has 21 heavy (non-hydrogen) atoms. The SMILES string of the molecule is CCC(CC)(c1ccccc1)c1noc(C(C)C(C)=O)n1. The molecule has 0 fully saturated rings. The van der Waals surface area contributed by atoms with E-state index in [1.165, 1.54) is 5.56 Å². The molecule has 0 aliphatic heterocycles. The third-order valence-corrected chi connectivity index (χ3v) is 4.38. The van der Waals surface area contributed by atoms with Crippen LogP contribution >= 0.6 is 0 Å². The minimum atomic E-state index is -0.353. The third-order valence-electron chi connectivity index (χ3n) is 4.38. The quantitative estimate of drug-likeness (QED) is 0.809. The maximum Gasteiger partial charge on any atom is 0.236 e. The Morgan fingerprint density at radius 1 is 1.24 bits per heavy atom. The van der Waals surface area contributed by atoms with Gasteiger partial charge in [0.05, 0.1) is 11.3 Å². The normalized spacial score (nSPS) is 13.1. The molecule has 0 radical (unpaired) electrons. The zero-order valence-corrected chi connectivity index (χ0v) is 13.1. The molecule has 1 atom stereocenters. The summed E-state index contributed by atoms with van der Waals surface area (Å²) in [6, 6.07) is 10.2. The first-order valence-electron chi connectivity index (χ1n) is 7.45. The molecular formula is C17H22N2O2. The Balaban J connectivity index is 2.47. The van der Waals surface area contributed by atoms with Crippen LogP contribution < -0.4 is 0 Å². The summed E-state index contributed by atoms with van der Waals surface area (Å²) in [7, 11) is 0. The van der Waals surface area contributed by atoms with E-state index in [2.05, 4.69) is 36.1 Å². The van der Waals surface area contributed by atoms with Crippen molar-refractivity contribution in [2.24, 2.45) is 0 Å². The van der Waals surface area contributed by atoms with E-state index in [0.717, 1.165) is 12.8 Å². The third kappa shape index (κ3) is 2.75. The summed E-state index contributed by atoms with van der Waals surface area (Å²) < 4.78 is 5.34. The molecule has 1 aromatic carbocycles. The Kier molecular flexibility index (Phi) is 4.56. The maximum atomic E-state index is 11.5. The highest BCUT2D eigenvalue weighted by Crippen LogP contribution is 2.37. The molecule has 1 unspecified atom stereocenters. The predicted octanol–water partition coefficient (Wildman–Crippen LogP) is 3.87. The average Bonchev–Trinajstić information content (AvgIpc) is 2.99. The van der Waals surface area contributed by atoms with Crippen molar-refractivity contribution >= 4 is 5.78 Å². The van der Waals surface area contributed by atoms with Crippen LogP contribution in [-0.2, 0) is 10.2 Å². The van der Waals surface area contributed by atoms with Crippen LogP contribution in [0.5, 0.6) is 0 Å². The van der Waals surface area contributed by atoms with E-state index in [9.17, 15) is 4.79 Å². The van der Waals surface area contributed by atoms with Crippen molar-refractivity contribution < 1.29 is 9.32 Å². The van der Waals surface area contributed by atoms with Crippen LogP contribution in [0.3, 0.4) is 0 Å². The van der Waals surface area contributed by atoms with Gasteiger partial charge in [0.25, 0.3) is 0 Å². The topological polar surface area (TPSA) is 56.0 Å². The van der Waals surface area contributed by atoms with E-state index in [1.54, 1.807) is 13.8 Å². The smallest absolute Gasteiger partial charge is 0.236 e. The maximum absolute atomic E-state index is 11.5. The Hall–Kier alpha value is -1.97. The molecule has 1 aromatic heterocycles. The standard InChI is InChI=1S/C17H22N2O2/c1-5-17(6-2,14-10-8-7-9-11-14)16-18-15(21-19-16)12(3)13(4)20/h7-12H,5-6H2,1-4H3. The Morgan fingerprint density at radius 2 is 1.86 bits per heavy atom. The second-order valence-electron chi connectivity index (χ2n) is 5.44. The van der Waals surface area contributed by atoms with Crippen LogP contribution in [-0.4, -0.2) is 15.9 Å². The molecule has 4 nitrogen and oxygen atoms in total. The lowest BCUT2D eigenvalue weighted by molar-refractivity contribution is -0.118. The van der Waals surface area contributed by atoms with Crippen molar-refractivity contribution in [2.75, 3.05) is 0 Å². The van der Waals surface area contributed by atoms with Crippen LogP contribution in [0, 0.1) is 0 Å². The average molecular weight is 286 g/mol. The highest BCUT2D eigenvalue weighted by molar-refractivity contribution is 5.81. The van der Waals surface area contributed by atoms with Crippen LogP contribution in [0.1, 0.15) is 63.7 Å². The van der Waals surface area contributed by atoms with Gasteiger partial charge in [0.1, 0.15) is 5.78 Å². The molecule has 4 heteroatoms. The number of hydrogen-bond acceptors (Lipinski definition) is 4. The molecule has 2 rings (SSSR count). The number of benzene rings is 1. The van der Waals surface area contributed by atoms with Gasteiger partial charge < -0.3 is 4.52 Å². The number of nitrogens with zero attached hydrogens (tertiary/aromatic N) is 2. The van der Waals surface area contributed by atoms with E-state index in [1.807, 2.05) is 18.2 Å². The highest BCUT2D eigenvalue weighted by Gasteiger charge is 2.36. The number of ketones is 1. The summed E-state index contributed by atoms with van der Waals surface area (Å²) >= 11 is 0. The summed E-state index contributed by atoms with van der Waals surface area (Å²) in [4.78, 5) is 16.0. The van der Waals surface area contributed by atoms with Crippen molar-refractivity contribution in [2.45, 2.75) is 51.9 Å². The lowest BCUT2D eigenvalue weighted by Gasteiger charge is -2.28. The lowest BCUT2D eigenvalue weighted by Crippen LogP contribution is -2.27. The lowest BCUT2D eigenvalue weighted by atomic mass is 9.75. The molecule has 0 N–H and O–H groups in total. The molecule has 0 saturated heterocycles. The number of carbonyl (C=O) groups is 1. The second kappa shape index (κ2) is 6.20. The van der Waals surface area contributed by atoms with Gasteiger partial charge in [0, 0.05) is 0 Å².